The molecule has 1 amide bonds. The Morgan fingerprint density at radius 1 is 1.10 bits per heavy atom. The van der Waals surface area contributed by atoms with Crippen molar-refractivity contribution in [1.29, 1.82) is 0 Å². The number of nitrogens with one attached hydrogen (secondary N) is 1. The summed E-state index contributed by atoms with van der Waals surface area (Å²) in [6.07, 6.45) is 0. The number of ether oxygens (including phenoxy) is 2. The second kappa shape index (κ2) is 5.75. The van der Waals surface area contributed by atoms with Gasteiger partial charge in [-0.1, -0.05) is 18.2 Å². The molecule has 0 atom stereocenters. The molecule has 0 unspecified atom stereocenters. The first-order chi connectivity index (χ1) is 10.2. The van der Waals surface area contributed by atoms with E-state index in [1.807, 2.05) is 18.2 Å². The molecule has 0 fully saturated rings. The largest absolute Gasteiger partial charge is 0.507 e. The average molecular weight is 285 g/mol. The topological polar surface area (TPSA) is 67.8 Å². The zero-order valence-electron chi connectivity index (χ0n) is 11.3. The second-order valence-corrected chi connectivity index (χ2v) is 4.68. The lowest BCUT2D eigenvalue weighted by atomic mass is 10.1. The molecule has 0 bridgehead atoms. The maximum atomic E-state index is 12.0. The van der Waals surface area contributed by atoms with Crippen LogP contribution >= 0.6 is 0 Å². The summed E-state index contributed by atoms with van der Waals surface area (Å²) in [6, 6.07) is 12.0. The molecule has 0 aromatic heterocycles. The Balaban J connectivity index is 1.68. The normalized spacial score (nSPS) is 12.8. The SMILES string of the molecule is O=C(NCc1ccc2c(c1)OCCO2)c1ccccc1O. The summed E-state index contributed by atoms with van der Waals surface area (Å²) in [4.78, 5) is 12.0. The second-order valence-electron chi connectivity index (χ2n) is 4.68. The van der Waals surface area contributed by atoms with Crippen LogP contribution in [0, 0.1) is 0 Å². The summed E-state index contributed by atoms with van der Waals surface area (Å²) >= 11 is 0. The first-order valence-electron chi connectivity index (χ1n) is 6.69. The van der Waals surface area contributed by atoms with Crippen molar-refractivity contribution in [3.63, 3.8) is 0 Å². The molecule has 108 valence electrons. The molecule has 2 aromatic rings. The van der Waals surface area contributed by atoms with Gasteiger partial charge in [0.25, 0.3) is 5.91 Å². The summed E-state index contributed by atoms with van der Waals surface area (Å²) in [5, 5.41) is 12.4. The van der Waals surface area contributed by atoms with Crippen molar-refractivity contribution in [1.82, 2.24) is 5.32 Å². The fourth-order valence-corrected chi connectivity index (χ4v) is 2.14. The molecule has 0 saturated carbocycles. The van der Waals surface area contributed by atoms with Crippen LogP contribution in [-0.4, -0.2) is 24.2 Å². The predicted octanol–water partition coefficient (Wildman–Crippen LogP) is 2.09. The maximum absolute atomic E-state index is 12.0. The van der Waals surface area contributed by atoms with E-state index in [-0.39, 0.29) is 17.2 Å². The van der Waals surface area contributed by atoms with Gasteiger partial charge in [-0.05, 0) is 29.8 Å². The molecule has 1 heterocycles. The number of benzene rings is 2. The molecular weight excluding hydrogens is 270 g/mol. The fourth-order valence-electron chi connectivity index (χ4n) is 2.14. The van der Waals surface area contributed by atoms with Crippen molar-refractivity contribution in [2.45, 2.75) is 6.54 Å². The van der Waals surface area contributed by atoms with E-state index in [2.05, 4.69) is 5.32 Å². The number of fused-ring (bicyclic) bond motifs is 1. The third kappa shape index (κ3) is 2.91. The van der Waals surface area contributed by atoms with Crippen LogP contribution in [0.4, 0.5) is 0 Å². The highest BCUT2D eigenvalue weighted by molar-refractivity contribution is 5.96. The lowest BCUT2D eigenvalue weighted by Gasteiger charge is -2.19. The molecule has 0 aliphatic carbocycles. The van der Waals surface area contributed by atoms with Crippen molar-refractivity contribution in [2.24, 2.45) is 0 Å². The number of carbonyl (C=O) groups excluding carboxylic acids is 1. The first kappa shape index (κ1) is 13.3. The van der Waals surface area contributed by atoms with Crippen molar-refractivity contribution in [2.75, 3.05) is 13.2 Å². The van der Waals surface area contributed by atoms with Crippen LogP contribution in [0.1, 0.15) is 15.9 Å². The van der Waals surface area contributed by atoms with Gasteiger partial charge in [-0.3, -0.25) is 4.79 Å². The number of para-hydroxylation sites is 1. The molecule has 0 saturated heterocycles. The number of hydrogen-bond acceptors (Lipinski definition) is 4. The van der Waals surface area contributed by atoms with E-state index in [1.54, 1.807) is 18.2 Å². The third-order valence-electron chi connectivity index (χ3n) is 3.21. The molecule has 3 rings (SSSR count). The summed E-state index contributed by atoms with van der Waals surface area (Å²) in [7, 11) is 0. The molecular formula is C16H15NO4. The number of amides is 1. The van der Waals surface area contributed by atoms with Crippen LogP contribution < -0.4 is 14.8 Å². The standard InChI is InChI=1S/C16H15NO4/c18-13-4-2-1-3-12(13)16(19)17-10-11-5-6-14-15(9-11)21-8-7-20-14/h1-6,9,18H,7-8,10H2,(H,17,19). The van der Waals surface area contributed by atoms with Crippen LogP contribution in [-0.2, 0) is 6.54 Å². The van der Waals surface area contributed by atoms with Gasteiger partial charge in [0, 0.05) is 6.54 Å². The first-order valence-corrected chi connectivity index (χ1v) is 6.69. The van der Waals surface area contributed by atoms with Gasteiger partial charge < -0.3 is 19.9 Å². The van der Waals surface area contributed by atoms with E-state index in [0.29, 0.717) is 25.5 Å². The van der Waals surface area contributed by atoms with E-state index >= 15 is 0 Å². The molecule has 5 heteroatoms. The summed E-state index contributed by atoms with van der Waals surface area (Å²) in [5.41, 5.74) is 1.16. The minimum atomic E-state index is -0.317. The van der Waals surface area contributed by atoms with E-state index in [0.717, 1.165) is 11.3 Å². The van der Waals surface area contributed by atoms with Gasteiger partial charge in [-0.2, -0.15) is 0 Å². The number of carbonyl (C=O) groups is 1. The molecule has 5 nitrogen and oxygen atoms in total. The molecule has 2 N–H and O–H groups in total. The quantitative estimate of drug-likeness (QED) is 0.906. The van der Waals surface area contributed by atoms with Crippen LogP contribution in [0.15, 0.2) is 42.5 Å². The van der Waals surface area contributed by atoms with Crippen LogP contribution in [0.3, 0.4) is 0 Å². The molecule has 0 spiro atoms. The van der Waals surface area contributed by atoms with Gasteiger partial charge in [0.15, 0.2) is 11.5 Å². The lowest BCUT2D eigenvalue weighted by molar-refractivity contribution is 0.0948. The van der Waals surface area contributed by atoms with Crippen LogP contribution in [0.25, 0.3) is 0 Å². The van der Waals surface area contributed by atoms with Crippen molar-refractivity contribution in [3.05, 3.63) is 53.6 Å². The number of hydrogen-bond donors (Lipinski definition) is 2. The van der Waals surface area contributed by atoms with E-state index < -0.39 is 0 Å². The Labute approximate surface area is 122 Å². The Hall–Kier alpha value is -2.69. The zero-order valence-corrected chi connectivity index (χ0v) is 11.3. The fraction of sp³-hybridized carbons (Fsp3) is 0.188. The minimum Gasteiger partial charge on any atom is -0.507 e. The number of phenolic OH excluding ortho intramolecular Hbond substituents is 1. The third-order valence-corrected chi connectivity index (χ3v) is 3.21. The van der Waals surface area contributed by atoms with Gasteiger partial charge in [0.2, 0.25) is 0 Å². The molecule has 2 aromatic carbocycles. The highest BCUT2D eigenvalue weighted by Crippen LogP contribution is 2.30. The van der Waals surface area contributed by atoms with Gasteiger partial charge >= 0.3 is 0 Å². The van der Waals surface area contributed by atoms with Gasteiger partial charge in [-0.15, -0.1) is 0 Å². The van der Waals surface area contributed by atoms with E-state index in [9.17, 15) is 9.90 Å². The van der Waals surface area contributed by atoms with Gasteiger partial charge in [0.1, 0.15) is 19.0 Å². The summed E-state index contributed by atoms with van der Waals surface area (Å²) in [5.74, 6) is 1.06. The van der Waals surface area contributed by atoms with Crippen LogP contribution in [0.5, 0.6) is 17.2 Å². The maximum Gasteiger partial charge on any atom is 0.255 e. The predicted molar refractivity (Wildman–Crippen MR) is 76.7 cm³/mol. The van der Waals surface area contributed by atoms with Crippen LogP contribution in [0.2, 0.25) is 0 Å². The van der Waals surface area contributed by atoms with Crippen molar-refractivity contribution >= 4 is 5.91 Å². The van der Waals surface area contributed by atoms with Crippen molar-refractivity contribution in [3.8, 4) is 17.2 Å². The highest BCUT2D eigenvalue weighted by Gasteiger charge is 2.13. The van der Waals surface area contributed by atoms with Gasteiger partial charge in [-0.25, -0.2) is 0 Å². The number of rotatable bonds is 3. The van der Waals surface area contributed by atoms with Gasteiger partial charge in [0.05, 0.1) is 5.56 Å². The Kier molecular flexibility index (Phi) is 3.64. The Morgan fingerprint density at radius 2 is 1.86 bits per heavy atom. The Morgan fingerprint density at radius 3 is 2.67 bits per heavy atom. The minimum absolute atomic E-state index is 0.0304. The highest BCUT2D eigenvalue weighted by atomic mass is 16.6. The van der Waals surface area contributed by atoms with E-state index in [4.69, 9.17) is 9.47 Å². The summed E-state index contributed by atoms with van der Waals surface area (Å²) < 4.78 is 10.9. The molecule has 21 heavy (non-hydrogen) atoms. The van der Waals surface area contributed by atoms with E-state index in [1.165, 1.54) is 6.07 Å². The molecule has 0 radical (unpaired) electrons. The smallest absolute Gasteiger partial charge is 0.255 e. The average Bonchev–Trinajstić information content (AvgIpc) is 2.53. The van der Waals surface area contributed by atoms with Crippen molar-refractivity contribution < 1.29 is 19.4 Å². The molecule has 1 aliphatic rings. The zero-order chi connectivity index (χ0) is 14.7. The lowest BCUT2D eigenvalue weighted by Crippen LogP contribution is -2.23. The number of aromatic hydroxyl groups is 1. The molecule has 1 aliphatic heterocycles. The number of phenols is 1. The monoisotopic (exact) mass is 285 g/mol. The summed E-state index contributed by atoms with van der Waals surface area (Å²) in [6.45, 7) is 1.43. The Bertz CT molecular complexity index is 669.